The van der Waals surface area contributed by atoms with Crippen molar-refractivity contribution in [1.29, 1.82) is 0 Å². The Morgan fingerprint density at radius 1 is 1.10 bits per heavy atom. The fraction of sp³-hybridized carbons (Fsp3) is 0.217. The number of carbonyl (C=O) groups excluding carboxylic acids is 2. The third-order valence-corrected chi connectivity index (χ3v) is 4.98. The number of nitrogens with one attached hydrogen (secondary N) is 3. The Morgan fingerprint density at radius 3 is 2.52 bits per heavy atom. The first-order valence-corrected chi connectivity index (χ1v) is 10.1. The first-order chi connectivity index (χ1) is 15.0. The lowest BCUT2D eigenvalue weighted by atomic mass is 10.1. The second-order valence-electron chi connectivity index (χ2n) is 7.58. The summed E-state index contributed by atoms with van der Waals surface area (Å²) in [5.74, 6) is 0.607. The highest BCUT2D eigenvalue weighted by Gasteiger charge is 2.22. The summed E-state index contributed by atoms with van der Waals surface area (Å²) in [4.78, 5) is 31.7. The summed E-state index contributed by atoms with van der Waals surface area (Å²) in [6, 6.07) is 15.6. The topological polar surface area (TPSA) is 122 Å². The lowest BCUT2D eigenvalue weighted by Gasteiger charge is -2.12. The fourth-order valence-corrected chi connectivity index (χ4v) is 3.27. The number of nitrogens with zero attached hydrogens (tertiary/aromatic N) is 2. The zero-order chi connectivity index (χ0) is 21.8. The van der Waals surface area contributed by atoms with E-state index >= 15 is 0 Å². The van der Waals surface area contributed by atoms with Gasteiger partial charge in [-0.05, 0) is 48.1 Å². The Kier molecular flexibility index (Phi) is 5.79. The van der Waals surface area contributed by atoms with Gasteiger partial charge in [-0.3, -0.25) is 9.59 Å². The lowest BCUT2D eigenvalue weighted by Crippen LogP contribution is -2.17. The Morgan fingerprint density at radius 2 is 1.84 bits per heavy atom. The zero-order valence-corrected chi connectivity index (χ0v) is 17.2. The molecule has 2 amide bonds. The molecule has 0 aliphatic heterocycles. The molecule has 0 saturated heterocycles. The van der Waals surface area contributed by atoms with Crippen LogP contribution in [0.3, 0.4) is 0 Å². The van der Waals surface area contributed by atoms with E-state index in [1.165, 1.54) is 31.5 Å². The Bertz CT molecular complexity index is 1110. The molecule has 0 unspecified atom stereocenters. The van der Waals surface area contributed by atoms with Crippen molar-refractivity contribution in [2.24, 2.45) is 5.73 Å². The van der Waals surface area contributed by atoms with Crippen LogP contribution in [0.1, 0.15) is 47.2 Å². The maximum Gasteiger partial charge on any atom is 0.254 e. The van der Waals surface area contributed by atoms with Crippen molar-refractivity contribution in [3.8, 4) is 0 Å². The summed E-state index contributed by atoms with van der Waals surface area (Å²) in [5, 5.41) is 9.00. The van der Waals surface area contributed by atoms with Gasteiger partial charge in [0.1, 0.15) is 5.82 Å². The van der Waals surface area contributed by atoms with Gasteiger partial charge in [0.2, 0.25) is 11.9 Å². The minimum atomic E-state index is -0.606. The molecule has 4 rings (SSSR count). The monoisotopic (exact) mass is 416 g/mol. The standard InChI is InChI=1S/C23H24N6O2/c1-14(30)27-18-3-2-4-19(11-18)28-23-26-13-20(21(24)31)22(29-23)25-12-15-5-7-16(8-6-15)17-9-10-17/h2-8,11,13,17H,9-10,12H2,1H3,(H2,24,31)(H,27,30)(H2,25,26,28,29). The van der Waals surface area contributed by atoms with Crippen LogP contribution in [0.5, 0.6) is 0 Å². The van der Waals surface area contributed by atoms with Crippen molar-refractivity contribution < 1.29 is 9.59 Å². The van der Waals surface area contributed by atoms with E-state index in [1.54, 1.807) is 18.2 Å². The predicted molar refractivity (Wildman–Crippen MR) is 120 cm³/mol. The molecule has 0 radical (unpaired) electrons. The van der Waals surface area contributed by atoms with Crippen molar-refractivity contribution in [2.75, 3.05) is 16.0 Å². The molecule has 1 aromatic heterocycles. The van der Waals surface area contributed by atoms with Gasteiger partial charge in [0.15, 0.2) is 0 Å². The summed E-state index contributed by atoms with van der Waals surface area (Å²) in [5.41, 5.74) is 9.51. The third kappa shape index (κ3) is 5.36. The van der Waals surface area contributed by atoms with E-state index in [4.69, 9.17) is 5.73 Å². The molecule has 0 atom stereocenters. The summed E-state index contributed by atoms with van der Waals surface area (Å²) < 4.78 is 0. The van der Waals surface area contributed by atoms with Crippen LogP contribution >= 0.6 is 0 Å². The van der Waals surface area contributed by atoms with E-state index in [0.717, 1.165) is 5.56 Å². The van der Waals surface area contributed by atoms with E-state index in [1.807, 2.05) is 6.07 Å². The Balaban J connectivity index is 1.49. The summed E-state index contributed by atoms with van der Waals surface area (Å²) in [7, 11) is 0. The molecule has 8 nitrogen and oxygen atoms in total. The van der Waals surface area contributed by atoms with Crippen molar-refractivity contribution in [3.05, 3.63) is 71.4 Å². The lowest BCUT2D eigenvalue weighted by molar-refractivity contribution is -0.114. The number of primary amides is 1. The van der Waals surface area contributed by atoms with Crippen molar-refractivity contribution in [3.63, 3.8) is 0 Å². The van der Waals surface area contributed by atoms with Crippen LogP contribution < -0.4 is 21.7 Å². The Hall–Kier alpha value is -3.94. The van der Waals surface area contributed by atoms with Gasteiger partial charge in [0.25, 0.3) is 5.91 Å². The quantitative estimate of drug-likeness (QED) is 0.443. The van der Waals surface area contributed by atoms with Gasteiger partial charge in [-0.15, -0.1) is 0 Å². The van der Waals surface area contributed by atoms with Gasteiger partial charge in [0, 0.05) is 31.0 Å². The van der Waals surface area contributed by atoms with Gasteiger partial charge >= 0.3 is 0 Å². The minimum Gasteiger partial charge on any atom is -0.365 e. The number of amides is 2. The molecule has 158 valence electrons. The number of aromatic nitrogens is 2. The molecule has 1 fully saturated rings. The second kappa shape index (κ2) is 8.83. The predicted octanol–water partition coefficient (Wildman–Crippen LogP) is 3.77. The van der Waals surface area contributed by atoms with Crippen molar-refractivity contribution in [2.45, 2.75) is 32.2 Å². The number of hydrogen-bond acceptors (Lipinski definition) is 6. The number of rotatable bonds is 8. The molecule has 31 heavy (non-hydrogen) atoms. The van der Waals surface area contributed by atoms with Crippen LogP contribution in [0.25, 0.3) is 0 Å². The van der Waals surface area contributed by atoms with Crippen LogP contribution in [0.2, 0.25) is 0 Å². The van der Waals surface area contributed by atoms with E-state index in [-0.39, 0.29) is 11.5 Å². The fourth-order valence-electron chi connectivity index (χ4n) is 3.27. The van der Waals surface area contributed by atoms with Gasteiger partial charge in [-0.2, -0.15) is 4.98 Å². The minimum absolute atomic E-state index is 0.157. The third-order valence-electron chi connectivity index (χ3n) is 4.98. The molecule has 1 aliphatic carbocycles. The van der Waals surface area contributed by atoms with Crippen LogP contribution in [-0.4, -0.2) is 21.8 Å². The normalized spacial score (nSPS) is 12.8. The van der Waals surface area contributed by atoms with E-state index in [9.17, 15) is 9.59 Å². The summed E-state index contributed by atoms with van der Waals surface area (Å²) in [6.07, 6.45) is 3.93. The van der Waals surface area contributed by atoms with Crippen molar-refractivity contribution in [1.82, 2.24) is 9.97 Å². The molecule has 1 aliphatic rings. The van der Waals surface area contributed by atoms with Crippen LogP contribution in [0, 0.1) is 0 Å². The number of nitrogens with two attached hydrogens (primary N) is 1. The first kappa shape index (κ1) is 20.3. The molecular formula is C23H24N6O2. The molecular weight excluding hydrogens is 392 g/mol. The highest BCUT2D eigenvalue weighted by molar-refractivity contribution is 5.97. The molecule has 5 N–H and O–H groups in total. The molecule has 3 aromatic rings. The maximum absolute atomic E-state index is 11.8. The molecule has 0 bridgehead atoms. The summed E-state index contributed by atoms with van der Waals surface area (Å²) in [6.45, 7) is 1.95. The average Bonchev–Trinajstić information content (AvgIpc) is 3.58. The van der Waals surface area contributed by atoms with Crippen LogP contribution in [-0.2, 0) is 11.3 Å². The first-order valence-electron chi connectivity index (χ1n) is 10.1. The average molecular weight is 416 g/mol. The van der Waals surface area contributed by atoms with Gasteiger partial charge in [0.05, 0.1) is 5.56 Å². The van der Waals surface area contributed by atoms with E-state index in [2.05, 4.69) is 50.2 Å². The molecule has 8 heteroatoms. The molecule has 1 heterocycles. The van der Waals surface area contributed by atoms with Gasteiger partial charge in [-0.1, -0.05) is 30.3 Å². The SMILES string of the molecule is CC(=O)Nc1cccc(Nc2ncc(C(N)=O)c(NCc3ccc(C4CC4)cc3)n2)c1. The molecule has 1 saturated carbocycles. The van der Waals surface area contributed by atoms with E-state index < -0.39 is 5.91 Å². The highest BCUT2D eigenvalue weighted by Crippen LogP contribution is 2.39. The van der Waals surface area contributed by atoms with Crippen molar-refractivity contribution >= 4 is 35.0 Å². The highest BCUT2D eigenvalue weighted by atomic mass is 16.1. The van der Waals surface area contributed by atoms with E-state index in [0.29, 0.717) is 35.6 Å². The maximum atomic E-state index is 11.8. The van der Waals surface area contributed by atoms with Crippen LogP contribution in [0.15, 0.2) is 54.7 Å². The largest absolute Gasteiger partial charge is 0.365 e. The van der Waals surface area contributed by atoms with Crippen LogP contribution in [0.4, 0.5) is 23.1 Å². The van der Waals surface area contributed by atoms with Gasteiger partial charge < -0.3 is 21.7 Å². The van der Waals surface area contributed by atoms with Gasteiger partial charge in [-0.25, -0.2) is 4.98 Å². The zero-order valence-electron chi connectivity index (χ0n) is 17.2. The Labute approximate surface area is 180 Å². The number of benzene rings is 2. The number of carbonyl (C=O) groups is 2. The number of hydrogen-bond donors (Lipinski definition) is 4. The molecule has 2 aromatic carbocycles. The smallest absolute Gasteiger partial charge is 0.254 e. The second-order valence-corrected chi connectivity index (χ2v) is 7.58. The number of anilines is 4. The molecule has 0 spiro atoms. The summed E-state index contributed by atoms with van der Waals surface area (Å²) >= 11 is 0.